The van der Waals surface area contributed by atoms with Crippen LogP contribution in [0.1, 0.15) is 49.3 Å². The van der Waals surface area contributed by atoms with Gasteiger partial charge in [0.15, 0.2) is 0 Å². The van der Waals surface area contributed by atoms with Crippen molar-refractivity contribution in [2.45, 2.75) is 36.1 Å². The molecule has 2 N–H and O–H groups in total. The molecule has 254 valence electrons. The Morgan fingerprint density at radius 3 is 1.78 bits per heavy atom. The number of hydrogen-bond donors (Lipinski definition) is 2. The molecule has 1 aliphatic heterocycles. The summed E-state index contributed by atoms with van der Waals surface area (Å²) < 4.78 is 0. The van der Waals surface area contributed by atoms with E-state index in [0.717, 1.165) is 21.6 Å². The Morgan fingerprint density at radius 2 is 1.24 bits per heavy atom. The van der Waals surface area contributed by atoms with Gasteiger partial charge in [-0.15, -0.1) is 23.2 Å². The number of amides is 4. The minimum Gasteiger partial charge on any atom is -0.324 e. The number of likely N-dealkylation sites (tertiary alicyclic amines) is 1. The van der Waals surface area contributed by atoms with Crippen LogP contribution in [0.4, 0.5) is 11.4 Å². The van der Waals surface area contributed by atoms with Crippen LogP contribution in [0.3, 0.4) is 0 Å². The zero-order valence-corrected chi connectivity index (χ0v) is 29.3. The number of anilines is 2. The lowest BCUT2D eigenvalue weighted by Gasteiger charge is -2.54. The van der Waals surface area contributed by atoms with E-state index in [-0.39, 0.29) is 12.3 Å². The molecule has 3 atom stereocenters. The summed E-state index contributed by atoms with van der Waals surface area (Å²) in [6.45, 7) is 3.90. The van der Waals surface area contributed by atoms with Crippen molar-refractivity contribution in [3.05, 3.63) is 166 Å². The molecule has 0 aromatic heterocycles. The lowest BCUT2D eigenvalue weighted by atomic mass is 9.54. The molecule has 1 fully saturated rings. The van der Waals surface area contributed by atoms with Gasteiger partial charge in [0.2, 0.25) is 17.7 Å². The Balaban J connectivity index is 1.15. The Bertz CT molecular complexity index is 2150. The third kappa shape index (κ3) is 5.01. The summed E-state index contributed by atoms with van der Waals surface area (Å²) in [6.07, 6.45) is 0.0565. The summed E-state index contributed by atoms with van der Waals surface area (Å²) >= 11 is 15.3. The molecule has 4 amide bonds. The predicted octanol–water partition coefficient (Wildman–Crippen LogP) is 7.70. The molecule has 3 aliphatic carbocycles. The first kappa shape index (κ1) is 32.9. The number of nitrogens with one attached hydrogen (secondary N) is 2. The molecule has 0 unspecified atom stereocenters. The van der Waals surface area contributed by atoms with Crippen LogP contribution in [0.25, 0.3) is 0 Å². The quantitative estimate of drug-likeness (QED) is 0.134. The minimum atomic E-state index is -1.37. The van der Waals surface area contributed by atoms with Gasteiger partial charge in [-0.05, 0) is 71.5 Å². The third-order valence-corrected chi connectivity index (χ3v) is 11.8. The lowest BCUT2D eigenvalue weighted by Crippen LogP contribution is -2.57. The smallest absolute Gasteiger partial charge is 0.255 e. The number of alkyl halides is 2. The molecule has 7 nitrogen and oxygen atoms in total. The van der Waals surface area contributed by atoms with Crippen molar-refractivity contribution in [3.63, 3.8) is 0 Å². The predicted molar refractivity (Wildman–Crippen MR) is 198 cm³/mol. The van der Waals surface area contributed by atoms with E-state index in [1.54, 1.807) is 24.3 Å². The van der Waals surface area contributed by atoms with Gasteiger partial charge in [0.1, 0.15) is 15.8 Å². The largest absolute Gasteiger partial charge is 0.324 e. The van der Waals surface area contributed by atoms with Gasteiger partial charge in [-0.1, -0.05) is 103 Å². The molecule has 0 spiro atoms. The molecule has 0 saturated carbocycles. The Hall–Kier alpha value is -5.24. The fourth-order valence-electron chi connectivity index (χ4n) is 8.25. The van der Waals surface area contributed by atoms with Gasteiger partial charge in [0.25, 0.3) is 5.91 Å². The highest BCUT2D eigenvalue weighted by Crippen LogP contribution is 2.69. The maximum Gasteiger partial charge on any atom is 0.255 e. The SMILES string of the molecule is Cc1ccc(NC(=O)c2cccc(NC(=O)[C@H](Cc3ccccc3)N3C(=O)[C@H]4[C@H](C3=O)C3(Cl)c5ccccc5C4(Cl)c4ccccc43)c2)c(C)c1. The number of aryl methyl sites for hydroxylation is 2. The lowest BCUT2D eigenvalue weighted by molar-refractivity contribution is -0.146. The van der Waals surface area contributed by atoms with Crippen LogP contribution in [0.15, 0.2) is 121 Å². The second-order valence-corrected chi connectivity index (χ2v) is 14.8. The van der Waals surface area contributed by atoms with Crippen LogP contribution in [-0.4, -0.2) is 34.6 Å². The summed E-state index contributed by atoms with van der Waals surface area (Å²) in [5.41, 5.74) is 6.85. The average Bonchev–Trinajstić information content (AvgIpc) is 3.41. The van der Waals surface area contributed by atoms with Crippen LogP contribution >= 0.6 is 23.2 Å². The molecule has 0 radical (unpaired) electrons. The molecule has 4 aliphatic rings. The van der Waals surface area contributed by atoms with Crippen LogP contribution in [0, 0.1) is 25.7 Å². The van der Waals surface area contributed by atoms with E-state index in [4.69, 9.17) is 23.2 Å². The number of carbonyl (C=O) groups is 4. The molecule has 9 heteroatoms. The molecule has 9 rings (SSSR count). The average molecular weight is 715 g/mol. The van der Waals surface area contributed by atoms with Crippen LogP contribution in [0.5, 0.6) is 0 Å². The number of carbonyl (C=O) groups excluding carboxylic acids is 4. The van der Waals surface area contributed by atoms with Crippen molar-refractivity contribution in [1.82, 2.24) is 4.90 Å². The van der Waals surface area contributed by atoms with E-state index >= 15 is 0 Å². The Kier molecular flexibility index (Phi) is 7.89. The van der Waals surface area contributed by atoms with Gasteiger partial charge in [-0.2, -0.15) is 0 Å². The third-order valence-electron chi connectivity index (χ3n) is 10.5. The van der Waals surface area contributed by atoms with E-state index < -0.39 is 45.3 Å². The summed E-state index contributed by atoms with van der Waals surface area (Å²) in [5.74, 6) is -4.11. The Morgan fingerprint density at radius 1 is 0.686 bits per heavy atom. The highest BCUT2D eigenvalue weighted by Gasteiger charge is 2.73. The van der Waals surface area contributed by atoms with Crippen LogP contribution in [-0.2, 0) is 30.6 Å². The molecule has 1 saturated heterocycles. The normalized spacial score (nSPS) is 23.3. The number of hydrogen-bond acceptors (Lipinski definition) is 4. The molecular weight excluding hydrogens is 681 g/mol. The summed E-state index contributed by atoms with van der Waals surface area (Å²) in [7, 11) is 0. The van der Waals surface area contributed by atoms with E-state index in [9.17, 15) is 19.2 Å². The van der Waals surface area contributed by atoms with Crippen LogP contribution < -0.4 is 10.6 Å². The van der Waals surface area contributed by atoms with E-state index in [1.165, 1.54) is 0 Å². The number of rotatable bonds is 7. The van der Waals surface area contributed by atoms with Crippen molar-refractivity contribution in [2.24, 2.45) is 11.8 Å². The summed E-state index contributed by atoms with van der Waals surface area (Å²) in [6, 6.07) is 35.1. The van der Waals surface area contributed by atoms with Crippen molar-refractivity contribution in [3.8, 4) is 0 Å². The first-order valence-corrected chi connectivity index (χ1v) is 17.6. The summed E-state index contributed by atoms with van der Waals surface area (Å²) in [4.78, 5) is 55.6. The van der Waals surface area contributed by atoms with Crippen molar-refractivity contribution in [1.29, 1.82) is 0 Å². The first-order valence-electron chi connectivity index (χ1n) is 16.8. The van der Waals surface area contributed by atoms with Gasteiger partial charge in [0, 0.05) is 23.4 Å². The second-order valence-electron chi connectivity index (χ2n) is 13.6. The fraction of sp³-hybridized carbons (Fsp3) is 0.190. The van der Waals surface area contributed by atoms with E-state index in [0.29, 0.717) is 39.2 Å². The van der Waals surface area contributed by atoms with E-state index in [1.807, 2.05) is 111 Å². The standard InChI is InChI=1S/C42H33Cl2N3O4/c1-24-19-20-33(25(2)21-24)46-37(48)27-13-10-14-28(23-27)45-38(49)34(22-26-11-4-3-5-12-26)47-39(50)35-36(40(47)51)42(44)30-16-7-6-15-29(30)41(35,43)31-17-8-9-18-32(31)42/h3-21,23,34-36H,22H2,1-2H3,(H,45,49)(H,46,48)/t34-,35+,36+,41?,42?/m0/s1. The molecular formula is C42H33Cl2N3O4. The van der Waals surface area contributed by atoms with Gasteiger partial charge in [-0.25, -0.2) is 0 Å². The van der Waals surface area contributed by atoms with Gasteiger partial charge >= 0.3 is 0 Å². The van der Waals surface area contributed by atoms with Crippen molar-refractivity contribution in [2.75, 3.05) is 10.6 Å². The fourth-order valence-corrected chi connectivity index (χ4v) is 9.34. The highest BCUT2D eigenvalue weighted by atomic mass is 35.5. The number of nitrogens with zero attached hydrogens (tertiary/aromatic N) is 1. The minimum absolute atomic E-state index is 0.0565. The summed E-state index contributed by atoms with van der Waals surface area (Å²) in [5, 5.41) is 5.84. The Labute approximate surface area is 305 Å². The molecule has 5 aromatic carbocycles. The number of halogens is 2. The van der Waals surface area contributed by atoms with E-state index in [2.05, 4.69) is 10.6 Å². The zero-order valence-electron chi connectivity index (χ0n) is 27.8. The molecule has 51 heavy (non-hydrogen) atoms. The van der Waals surface area contributed by atoms with Crippen molar-refractivity contribution >= 4 is 58.2 Å². The monoisotopic (exact) mass is 713 g/mol. The van der Waals surface area contributed by atoms with Crippen LogP contribution in [0.2, 0.25) is 0 Å². The maximum atomic E-state index is 14.8. The second kappa shape index (κ2) is 12.2. The molecule has 5 aromatic rings. The topological polar surface area (TPSA) is 95.6 Å². The van der Waals surface area contributed by atoms with Gasteiger partial charge in [0.05, 0.1) is 11.8 Å². The first-order chi connectivity index (χ1) is 24.5. The van der Waals surface area contributed by atoms with Crippen molar-refractivity contribution < 1.29 is 19.2 Å². The molecule has 2 bridgehead atoms. The zero-order chi connectivity index (χ0) is 35.7. The van der Waals surface area contributed by atoms with Gasteiger partial charge in [-0.3, -0.25) is 24.1 Å². The van der Waals surface area contributed by atoms with Gasteiger partial charge < -0.3 is 10.6 Å². The maximum absolute atomic E-state index is 14.8. The number of benzene rings is 5. The molecule has 1 heterocycles. The number of imide groups is 1. The highest BCUT2D eigenvalue weighted by molar-refractivity contribution is 6.36.